The summed E-state index contributed by atoms with van der Waals surface area (Å²) in [6, 6.07) is 8.96. The van der Waals surface area contributed by atoms with E-state index in [0.29, 0.717) is 12.2 Å². The maximum absolute atomic E-state index is 11.0. The first-order chi connectivity index (χ1) is 5.34. The van der Waals surface area contributed by atoms with E-state index in [1.165, 1.54) is 0 Å². The lowest BCUT2D eigenvalue weighted by atomic mass is 10.2. The molecular formula is C9H14Cl4O2. The lowest BCUT2D eigenvalue weighted by Gasteiger charge is -1.99. The number of carbonyl (C=O) groups is 1. The summed E-state index contributed by atoms with van der Waals surface area (Å²) in [5.41, 5.74) is 0.606. The monoisotopic (exact) mass is 294 g/mol. The predicted octanol–water partition coefficient (Wildman–Crippen LogP) is 3.55. The summed E-state index contributed by atoms with van der Waals surface area (Å²) in [5.74, 6) is -0.256. The molecule has 1 rings (SSSR count). The summed E-state index contributed by atoms with van der Waals surface area (Å²) < 4.78 is 4.79. The number of carbonyl (C=O) groups excluding carboxylic acids is 1. The van der Waals surface area contributed by atoms with Crippen molar-refractivity contribution in [2.45, 2.75) is 6.92 Å². The van der Waals surface area contributed by atoms with Crippen LogP contribution in [0.2, 0.25) is 0 Å². The van der Waals surface area contributed by atoms with E-state index in [1.54, 1.807) is 19.1 Å². The van der Waals surface area contributed by atoms with Gasteiger partial charge in [0.05, 0.1) is 12.2 Å². The highest BCUT2D eigenvalue weighted by Crippen LogP contribution is 1.99. The standard InChI is InChI=1S/C9H10O2.4ClH/c1-2-11-9(10)8-6-4-3-5-7-8;;;;/h3-7H,2H2,1H3;4*1H. The van der Waals surface area contributed by atoms with E-state index in [-0.39, 0.29) is 55.6 Å². The molecule has 1 aromatic carbocycles. The van der Waals surface area contributed by atoms with Crippen molar-refractivity contribution in [1.82, 2.24) is 0 Å². The van der Waals surface area contributed by atoms with Gasteiger partial charge in [-0.3, -0.25) is 0 Å². The number of esters is 1. The van der Waals surface area contributed by atoms with Crippen LogP contribution in [0.25, 0.3) is 0 Å². The highest BCUT2D eigenvalue weighted by atomic mass is 35.5. The topological polar surface area (TPSA) is 26.3 Å². The van der Waals surface area contributed by atoms with Gasteiger partial charge in [-0.2, -0.15) is 0 Å². The highest BCUT2D eigenvalue weighted by molar-refractivity contribution is 5.89. The van der Waals surface area contributed by atoms with E-state index >= 15 is 0 Å². The van der Waals surface area contributed by atoms with Gasteiger partial charge in [0.1, 0.15) is 0 Å². The zero-order valence-electron chi connectivity index (χ0n) is 8.04. The lowest BCUT2D eigenvalue weighted by molar-refractivity contribution is 0.0526. The number of rotatable bonds is 2. The van der Waals surface area contributed by atoms with Crippen LogP contribution in [0.5, 0.6) is 0 Å². The summed E-state index contributed by atoms with van der Waals surface area (Å²) in [7, 11) is 0. The smallest absolute Gasteiger partial charge is 0.338 e. The largest absolute Gasteiger partial charge is 0.462 e. The molecule has 0 aliphatic heterocycles. The second-order valence-electron chi connectivity index (χ2n) is 2.09. The predicted molar refractivity (Wildman–Crippen MR) is 71.4 cm³/mol. The van der Waals surface area contributed by atoms with Crippen molar-refractivity contribution in [1.29, 1.82) is 0 Å². The first-order valence-corrected chi connectivity index (χ1v) is 3.56. The Bertz CT molecular complexity index is 241. The maximum atomic E-state index is 11.0. The second-order valence-corrected chi connectivity index (χ2v) is 2.09. The third-order valence-electron chi connectivity index (χ3n) is 1.28. The molecule has 15 heavy (non-hydrogen) atoms. The fourth-order valence-electron chi connectivity index (χ4n) is 0.789. The fraction of sp³-hybridized carbons (Fsp3) is 0.222. The van der Waals surface area contributed by atoms with Gasteiger partial charge in [-0.05, 0) is 19.1 Å². The Morgan fingerprint density at radius 3 is 1.93 bits per heavy atom. The first-order valence-electron chi connectivity index (χ1n) is 3.56. The van der Waals surface area contributed by atoms with E-state index in [1.807, 2.05) is 18.2 Å². The Hall–Kier alpha value is -0.150. The van der Waals surface area contributed by atoms with Crippen LogP contribution in [0.4, 0.5) is 0 Å². The zero-order chi connectivity index (χ0) is 8.10. The molecule has 0 aliphatic carbocycles. The Labute approximate surface area is 114 Å². The van der Waals surface area contributed by atoms with Crippen molar-refractivity contribution in [3.8, 4) is 0 Å². The van der Waals surface area contributed by atoms with Gasteiger partial charge in [0.15, 0.2) is 0 Å². The first kappa shape index (κ1) is 24.2. The number of ether oxygens (including phenoxy) is 1. The molecule has 0 unspecified atom stereocenters. The minimum Gasteiger partial charge on any atom is -0.462 e. The molecular weight excluding hydrogens is 282 g/mol. The second kappa shape index (κ2) is 13.8. The molecule has 0 heterocycles. The molecule has 0 bridgehead atoms. The fourth-order valence-corrected chi connectivity index (χ4v) is 0.789. The molecule has 0 amide bonds. The molecule has 0 atom stereocenters. The molecule has 1 aromatic rings. The van der Waals surface area contributed by atoms with Crippen molar-refractivity contribution in [2.24, 2.45) is 0 Å². The van der Waals surface area contributed by atoms with Crippen LogP contribution >= 0.6 is 49.6 Å². The third-order valence-corrected chi connectivity index (χ3v) is 1.28. The molecule has 0 saturated heterocycles. The van der Waals surface area contributed by atoms with Gasteiger partial charge in [0, 0.05) is 0 Å². The van der Waals surface area contributed by atoms with Gasteiger partial charge in [0.25, 0.3) is 0 Å². The zero-order valence-corrected chi connectivity index (χ0v) is 11.3. The molecule has 0 spiro atoms. The summed E-state index contributed by atoms with van der Waals surface area (Å²) in [5, 5.41) is 0. The number of hydrogen-bond donors (Lipinski definition) is 0. The minimum absolute atomic E-state index is 0. The van der Waals surface area contributed by atoms with Crippen LogP contribution in [0.15, 0.2) is 30.3 Å². The van der Waals surface area contributed by atoms with Crippen molar-refractivity contribution >= 4 is 55.6 Å². The summed E-state index contributed by atoms with van der Waals surface area (Å²) in [6.45, 7) is 2.22. The van der Waals surface area contributed by atoms with Crippen LogP contribution in [-0.4, -0.2) is 12.6 Å². The average Bonchev–Trinajstić information content (AvgIpc) is 2.07. The van der Waals surface area contributed by atoms with Crippen LogP contribution in [0.3, 0.4) is 0 Å². The van der Waals surface area contributed by atoms with Gasteiger partial charge < -0.3 is 4.74 Å². The van der Waals surface area contributed by atoms with E-state index < -0.39 is 0 Å². The normalized spacial score (nSPS) is 6.73. The quantitative estimate of drug-likeness (QED) is 0.780. The van der Waals surface area contributed by atoms with Gasteiger partial charge in [-0.25, -0.2) is 4.79 Å². The molecule has 0 aliphatic rings. The van der Waals surface area contributed by atoms with Gasteiger partial charge in [0.2, 0.25) is 0 Å². The number of benzene rings is 1. The van der Waals surface area contributed by atoms with Crippen molar-refractivity contribution < 1.29 is 9.53 Å². The van der Waals surface area contributed by atoms with Crippen LogP contribution in [-0.2, 0) is 4.74 Å². The molecule has 0 aromatic heterocycles. The SMILES string of the molecule is CCOC(=O)c1ccccc1.Cl.Cl.Cl.Cl. The van der Waals surface area contributed by atoms with Crippen molar-refractivity contribution in [2.75, 3.05) is 6.61 Å². The Morgan fingerprint density at radius 2 is 1.53 bits per heavy atom. The Balaban J connectivity index is -0.000000151. The van der Waals surface area contributed by atoms with Gasteiger partial charge in [-0.1, -0.05) is 18.2 Å². The van der Waals surface area contributed by atoms with E-state index in [0.717, 1.165) is 0 Å². The molecule has 2 nitrogen and oxygen atoms in total. The maximum Gasteiger partial charge on any atom is 0.338 e. The van der Waals surface area contributed by atoms with E-state index in [2.05, 4.69) is 0 Å². The molecule has 0 radical (unpaired) electrons. The van der Waals surface area contributed by atoms with E-state index in [4.69, 9.17) is 4.74 Å². The van der Waals surface area contributed by atoms with Crippen LogP contribution in [0.1, 0.15) is 17.3 Å². The summed E-state index contributed by atoms with van der Waals surface area (Å²) >= 11 is 0. The van der Waals surface area contributed by atoms with Crippen LogP contribution < -0.4 is 0 Å². The number of halogens is 4. The Kier molecular flexibility index (Phi) is 22.3. The van der Waals surface area contributed by atoms with Crippen LogP contribution in [0, 0.1) is 0 Å². The highest BCUT2D eigenvalue weighted by Gasteiger charge is 2.02. The van der Waals surface area contributed by atoms with Crippen molar-refractivity contribution in [3.05, 3.63) is 35.9 Å². The van der Waals surface area contributed by atoms with Gasteiger partial charge in [-0.15, -0.1) is 49.6 Å². The van der Waals surface area contributed by atoms with E-state index in [9.17, 15) is 4.79 Å². The summed E-state index contributed by atoms with van der Waals surface area (Å²) in [6.07, 6.45) is 0. The Morgan fingerprint density at radius 1 is 1.07 bits per heavy atom. The lowest BCUT2D eigenvalue weighted by Crippen LogP contribution is -2.03. The molecule has 0 fully saturated rings. The van der Waals surface area contributed by atoms with Crippen molar-refractivity contribution in [3.63, 3.8) is 0 Å². The number of hydrogen-bond acceptors (Lipinski definition) is 2. The minimum atomic E-state index is -0.256. The third kappa shape index (κ3) is 8.82. The molecule has 0 saturated carbocycles. The molecule has 6 heteroatoms. The molecule has 0 N–H and O–H groups in total. The average molecular weight is 296 g/mol. The van der Waals surface area contributed by atoms with Gasteiger partial charge >= 0.3 is 5.97 Å². The molecule has 90 valence electrons. The summed E-state index contributed by atoms with van der Waals surface area (Å²) in [4.78, 5) is 11.0.